The van der Waals surface area contributed by atoms with Crippen LogP contribution in [0.1, 0.15) is 12.8 Å². The van der Waals surface area contributed by atoms with Crippen molar-refractivity contribution >= 4 is 30.7 Å². The molecule has 15 heavy (non-hydrogen) atoms. The van der Waals surface area contributed by atoms with Crippen LogP contribution in [0.15, 0.2) is 24.3 Å². The summed E-state index contributed by atoms with van der Waals surface area (Å²) in [6.07, 6.45) is 2.46. The number of rotatable bonds is 2. The fraction of sp³-hybridized carbons (Fsp3) is 0.400. The third-order valence-corrected chi connectivity index (χ3v) is 2.64. The standard InChI is InChI=1S/C10H14BNO2.ClH/c13-11(14)9-4-3-5-10(8-9)12-6-1-2-7-12;/h3-5,8,13-14H,1-2,6-7H2;1H. The normalized spacial score (nSPS) is 14.9. The molecule has 0 amide bonds. The number of anilines is 1. The molecule has 3 nitrogen and oxygen atoms in total. The Morgan fingerprint density at radius 2 is 1.80 bits per heavy atom. The monoisotopic (exact) mass is 227 g/mol. The third-order valence-electron chi connectivity index (χ3n) is 2.64. The van der Waals surface area contributed by atoms with Crippen LogP contribution in [0.5, 0.6) is 0 Å². The van der Waals surface area contributed by atoms with Crippen molar-refractivity contribution in [2.75, 3.05) is 18.0 Å². The van der Waals surface area contributed by atoms with Gasteiger partial charge in [0.2, 0.25) is 0 Å². The number of nitrogens with zero attached hydrogens (tertiary/aromatic N) is 1. The molecule has 0 saturated carbocycles. The van der Waals surface area contributed by atoms with E-state index in [2.05, 4.69) is 4.90 Å². The van der Waals surface area contributed by atoms with E-state index in [-0.39, 0.29) is 12.4 Å². The summed E-state index contributed by atoms with van der Waals surface area (Å²) < 4.78 is 0. The third kappa shape index (κ3) is 2.87. The molecule has 1 aromatic carbocycles. The van der Waals surface area contributed by atoms with Gasteiger partial charge in [0.25, 0.3) is 0 Å². The summed E-state index contributed by atoms with van der Waals surface area (Å²) in [5, 5.41) is 18.1. The number of halogens is 1. The first-order valence-corrected chi connectivity index (χ1v) is 4.98. The molecule has 0 unspecified atom stereocenters. The van der Waals surface area contributed by atoms with Gasteiger partial charge in [0.15, 0.2) is 0 Å². The van der Waals surface area contributed by atoms with Crippen molar-refractivity contribution in [1.82, 2.24) is 0 Å². The van der Waals surface area contributed by atoms with E-state index in [1.807, 2.05) is 18.2 Å². The quantitative estimate of drug-likeness (QED) is 0.719. The smallest absolute Gasteiger partial charge is 0.423 e. The minimum absolute atomic E-state index is 0. The van der Waals surface area contributed by atoms with Crippen LogP contribution in [-0.2, 0) is 0 Å². The molecule has 2 N–H and O–H groups in total. The van der Waals surface area contributed by atoms with Crippen LogP contribution in [0.2, 0.25) is 0 Å². The molecule has 0 spiro atoms. The Morgan fingerprint density at radius 3 is 2.40 bits per heavy atom. The topological polar surface area (TPSA) is 43.7 Å². The van der Waals surface area contributed by atoms with Gasteiger partial charge in [-0.05, 0) is 30.4 Å². The highest BCUT2D eigenvalue weighted by atomic mass is 35.5. The number of benzene rings is 1. The maximum Gasteiger partial charge on any atom is 0.488 e. The van der Waals surface area contributed by atoms with Crippen LogP contribution in [0.25, 0.3) is 0 Å². The van der Waals surface area contributed by atoms with Crippen LogP contribution in [0, 0.1) is 0 Å². The van der Waals surface area contributed by atoms with E-state index in [4.69, 9.17) is 10.0 Å². The van der Waals surface area contributed by atoms with Gasteiger partial charge in [0.1, 0.15) is 0 Å². The SMILES string of the molecule is Cl.OB(O)c1cccc(N2CCCC2)c1. The van der Waals surface area contributed by atoms with Gasteiger partial charge in [-0.3, -0.25) is 0 Å². The lowest BCUT2D eigenvalue weighted by Gasteiger charge is -2.18. The molecule has 0 aliphatic carbocycles. The van der Waals surface area contributed by atoms with Gasteiger partial charge in [0.05, 0.1) is 0 Å². The maximum absolute atomic E-state index is 9.03. The molecule has 0 atom stereocenters. The van der Waals surface area contributed by atoms with E-state index >= 15 is 0 Å². The Labute approximate surface area is 96.3 Å². The summed E-state index contributed by atoms with van der Waals surface area (Å²) in [7, 11) is -1.36. The summed E-state index contributed by atoms with van der Waals surface area (Å²) >= 11 is 0. The van der Waals surface area contributed by atoms with Gasteiger partial charge >= 0.3 is 7.12 Å². The largest absolute Gasteiger partial charge is 0.488 e. The summed E-state index contributed by atoms with van der Waals surface area (Å²) in [6.45, 7) is 2.15. The molecular formula is C10H15BClNO2. The van der Waals surface area contributed by atoms with Crippen LogP contribution < -0.4 is 10.4 Å². The minimum atomic E-state index is -1.36. The van der Waals surface area contributed by atoms with Gasteiger partial charge in [0, 0.05) is 18.8 Å². The van der Waals surface area contributed by atoms with E-state index in [1.165, 1.54) is 12.8 Å². The summed E-state index contributed by atoms with van der Waals surface area (Å²) in [5.41, 5.74) is 1.66. The van der Waals surface area contributed by atoms with E-state index in [9.17, 15) is 0 Å². The van der Waals surface area contributed by atoms with Crippen molar-refractivity contribution in [2.45, 2.75) is 12.8 Å². The number of hydrogen-bond donors (Lipinski definition) is 2. The zero-order valence-electron chi connectivity index (χ0n) is 8.47. The molecule has 1 aliphatic heterocycles. The van der Waals surface area contributed by atoms with Crippen LogP contribution in [0.3, 0.4) is 0 Å². The predicted molar refractivity (Wildman–Crippen MR) is 65.0 cm³/mol. The van der Waals surface area contributed by atoms with Gasteiger partial charge in [-0.2, -0.15) is 0 Å². The Hall–Kier alpha value is -0.705. The summed E-state index contributed by atoms with van der Waals surface area (Å²) in [6, 6.07) is 7.44. The van der Waals surface area contributed by atoms with Gasteiger partial charge in [-0.25, -0.2) is 0 Å². The van der Waals surface area contributed by atoms with Crippen molar-refractivity contribution in [1.29, 1.82) is 0 Å². The van der Waals surface area contributed by atoms with Gasteiger partial charge in [-0.1, -0.05) is 12.1 Å². The Kier molecular flexibility index (Phi) is 4.45. The molecule has 1 aliphatic rings. The average Bonchev–Trinajstić information content (AvgIpc) is 2.71. The van der Waals surface area contributed by atoms with Crippen LogP contribution in [0.4, 0.5) is 5.69 Å². The Balaban J connectivity index is 0.00000112. The summed E-state index contributed by atoms with van der Waals surface area (Å²) in [4.78, 5) is 2.27. The van der Waals surface area contributed by atoms with E-state index in [1.54, 1.807) is 6.07 Å². The Bertz CT molecular complexity index is 316. The van der Waals surface area contributed by atoms with E-state index < -0.39 is 7.12 Å². The second-order valence-corrected chi connectivity index (χ2v) is 3.66. The van der Waals surface area contributed by atoms with Crippen molar-refractivity contribution in [3.05, 3.63) is 24.3 Å². The van der Waals surface area contributed by atoms with Crippen molar-refractivity contribution < 1.29 is 10.0 Å². The molecule has 1 heterocycles. The molecule has 1 aromatic rings. The van der Waals surface area contributed by atoms with Crippen LogP contribution >= 0.6 is 12.4 Å². The van der Waals surface area contributed by atoms with Gasteiger partial charge < -0.3 is 14.9 Å². The van der Waals surface area contributed by atoms with Crippen LogP contribution in [-0.4, -0.2) is 30.3 Å². The molecule has 1 saturated heterocycles. The highest BCUT2D eigenvalue weighted by Gasteiger charge is 2.15. The second kappa shape index (κ2) is 5.40. The highest BCUT2D eigenvalue weighted by molar-refractivity contribution is 6.58. The first kappa shape index (κ1) is 12.4. The molecule has 82 valence electrons. The fourth-order valence-electron chi connectivity index (χ4n) is 1.86. The molecule has 1 fully saturated rings. The molecule has 0 bridgehead atoms. The second-order valence-electron chi connectivity index (χ2n) is 3.66. The first-order valence-electron chi connectivity index (χ1n) is 4.98. The average molecular weight is 227 g/mol. The zero-order valence-corrected chi connectivity index (χ0v) is 9.28. The van der Waals surface area contributed by atoms with Gasteiger partial charge in [-0.15, -0.1) is 12.4 Å². The number of hydrogen-bond acceptors (Lipinski definition) is 3. The van der Waals surface area contributed by atoms with E-state index in [0.717, 1.165) is 18.8 Å². The lowest BCUT2D eigenvalue weighted by Crippen LogP contribution is -2.30. The highest BCUT2D eigenvalue weighted by Crippen LogP contribution is 2.18. The summed E-state index contributed by atoms with van der Waals surface area (Å²) in [5.74, 6) is 0. The predicted octanol–water partition coefficient (Wildman–Crippen LogP) is 0.388. The first-order chi connectivity index (χ1) is 6.77. The molecule has 0 radical (unpaired) electrons. The van der Waals surface area contributed by atoms with Crippen molar-refractivity contribution in [2.24, 2.45) is 0 Å². The van der Waals surface area contributed by atoms with E-state index in [0.29, 0.717) is 5.46 Å². The lowest BCUT2D eigenvalue weighted by molar-refractivity contribution is 0.426. The molecular weight excluding hydrogens is 212 g/mol. The van der Waals surface area contributed by atoms with Crippen molar-refractivity contribution in [3.8, 4) is 0 Å². The minimum Gasteiger partial charge on any atom is -0.423 e. The zero-order chi connectivity index (χ0) is 9.97. The lowest BCUT2D eigenvalue weighted by atomic mass is 9.80. The maximum atomic E-state index is 9.03. The fourth-order valence-corrected chi connectivity index (χ4v) is 1.86. The molecule has 2 rings (SSSR count). The molecule has 0 aromatic heterocycles. The van der Waals surface area contributed by atoms with Crippen molar-refractivity contribution in [3.63, 3.8) is 0 Å². The Morgan fingerprint density at radius 1 is 1.13 bits per heavy atom. The molecule has 5 heteroatoms.